The molecule has 0 radical (unpaired) electrons. The highest BCUT2D eigenvalue weighted by Crippen LogP contribution is 2.22. The van der Waals surface area contributed by atoms with Crippen LogP contribution in [0.25, 0.3) is 6.08 Å². The third-order valence-electron chi connectivity index (χ3n) is 5.14. The first-order chi connectivity index (χ1) is 14.4. The molecule has 0 atom stereocenters. The number of nitrogens with one attached hydrogen (secondary N) is 1. The van der Waals surface area contributed by atoms with Crippen molar-refractivity contribution in [1.82, 2.24) is 14.6 Å². The predicted octanol–water partition coefficient (Wildman–Crippen LogP) is 2.54. The quantitative estimate of drug-likeness (QED) is 0.689. The Kier molecular flexibility index (Phi) is 6.08. The summed E-state index contributed by atoms with van der Waals surface area (Å²) in [7, 11) is -3.46. The molecule has 0 unspecified atom stereocenters. The van der Waals surface area contributed by atoms with E-state index in [1.165, 1.54) is 6.08 Å². The molecule has 1 saturated heterocycles. The largest absolute Gasteiger partial charge is 0.353 e. The molecular formula is C21H23ClN4O3S. The molecule has 2 heterocycles. The lowest BCUT2D eigenvalue weighted by Crippen LogP contribution is -2.48. The van der Waals surface area contributed by atoms with Gasteiger partial charge in [-0.1, -0.05) is 23.7 Å². The second-order valence-corrected chi connectivity index (χ2v) is 9.60. The summed E-state index contributed by atoms with van der Waals surface area (Å²) >= 11 is 5.88. The van der Waals surface area contributed by atoms with Crippen LogP contribution in [-0.4, -0.2) is 56.4 Å². The molecule has 1 amide bonds. The van der Waals surface area contributed by atoms with E-state index in [4.69, 9.17) is 11.6 Å². The van der Waals surface area contributed by atoms with E-state index in [1.807, 2.05) is 12.1 Å². The molecule has 1 N–H and O–H groups in total. The van der Waals surface area contributed by atoms with Crippen LogP contribution in [-0.2, 0) is 14.8 Å². The van der Waals surface area contributed by atoms with Gasteiger partial charge >= 0.3 is 0 Å². The fraction of sp³-hybridized carbons (Fsp3) is 0.333. The highest BCUT2D eigenvalue weighted by Gasteiger charge is 2.27. The van der Waals surface area contributed by atoms with Crippen molar-refractivity contribution < 1.29 is 13.2 Å². The molecule has 9 heteroatoms. The smallest absolute Gasteiger partial charge is 0.246 e. The number of anilines is 1. The first kappa shape index (κ1) is 20.8. The van der Waals surface area contributed by atoms with Crippen LogP contribution < -0.4 is 9.62 Å². The third-order valence-corrected chi connectivity index (χ3v) is 6.90. The summed E-state index contributed by atoms with van der Waals surface area (Å²) < 4.78 is 27.1. The topological polar surface area (TPSA) is 82.6 Å². The molecular weight excluding hydrogens is 424 g/mol. The lowest BCUT2D eigenvalue weighted by Gasteiger charge is -2.34. The number of amides is 1. The SMILES string of the molecule is O=C(/C=C/c1ccc(S(=O)(=O)NC2CC2)cc1)N1CCN(c2ccc(Cl)cn2)CC1. The zero-order valence-electron chi connectivity index (χ0n) is 16.4. The molecule has 0 spiro atoms. The predicted molar refractivity (Wildman–Crippen MR) is 117 cm³/mol. The molecule has 30 heavy (non-hydrogen) atoms. The Hall–Kier alpha value is -2.42. The van der Waals surface area contributed by atoms with Crippen LogP contribution in [0.15, 0.2) is 53.6 Å². The number of halogens is 1. The number of sulfonamides is 1. The standard InChI is InChI=1S/C21H23ClN4O3S/c22-17-4-9-20(23-15-17)25-11-13-26(14-12-25)21(27)10-3-16-1-7-19(8-2-16)30(28,29)24-18-5-6-18/h1-4,7-10,15,18,24H,5-6,11-14H2/b10-3+. The van der Waals surface area contributed by atoms with E-state index >= 15 is 0 Å². The summed E-state index contributed by atoms with van der Waals surface area (Å²) in [6.07, 6.45) is 6.65. The Bertz CT molecular complexity index is 1030. The number of hydrogen-bond acceptors (Lipinski definition) is 5. The normalized spacial score (nSPS) is 17.5. The second-order valence-electron chi connectivity index (χ2n) is 7.44. The molecule has 0 bridgehead atoms. The summed E-state index contributed by atoms with van der Waals surface area (Å²) in [6.45, 7) is 2.62. The van der Waals surface area contributed by atoms with Crippen LogP contribution in [0.2, 0.25) is 5.02 Å². The van der Waals surface area contributed by atoms with Crippen molar-refractivity contribution in [3.8, 4) is 0 Å². The highest BCUT2D eigenvalue weighted by molar-refractivity contribution is 7.89. The zero-order chi connectivity index (χ0) is 21.1. The summed E-state index contributed by atoms with van der Waals surface area (Å²) in [4.78, 5) is 21.0. The number of pyridine rings is 1. The van der Waals surface area contributed by atoms with Crippen molar-refractivity contribution in [2.75, 3.05) is 31.1 Å². The summed E-state index contributed by atoms with van der Waals surface area (Å²) in [5.41, 5.74) is 0.776. The van der Waals surface area contributed by atoms with Crippen molar-refractivity contribution in [2.45, 2.75) is 23.8 Å². The van der Waals surface area contributed by atoms with Gasteiger partial charge in [-0.05, 0) is 48.7 Å². The van der Waals surface area contributed by atoms with Crippen molar-refractivity contribution in [3.63, 3.8) is 0 Å². The molecule has 1 aromatic heterocycles. The molecule has 4 rings (SSSR count). The molecule has 2 fully saturated rings. The summed E-state index contributed by atoms with van der Waals surface area (Å²) in [5, 5.41) is 0.600. The van der Waals surface area contributed by atoms with Gasteiger partial charge in [0.05, 0.1) is 9.92 Å². The van der Waals surface area contributed by atoms with E-state index in [0.717, 1.165) is 24.2 Å². The van der Waals surface area contributed by atoms with E-state index in [2.05, 4.69) is 14.6 Å². The van der Waals surface area contributed by atoms with Gasteiger partial charge in [-0.3, -0.25) is 4.79 Å². The number of aromatic nitrogens is 1. The Labute approximate surface area is 181 Å². The molecule has 2 aliphatic rings. The van der Waals surface area contributed by atoms with Crippen LogP contribution in [0.5, 0.6) is 0 Å². The van der Waals surface area contributed by atoms with Gasteiger partial charge in [0.15, 0.2) is 0 Å². The summed E-state index contributed by atoms with van der Waals surface area (Å²) in [6, 6.07) is 10.3. The van der Waals surface area contributed by atoms with Crippen molar-refractivity contribution in [1.29, 1.82) is 0 Å². The molecule has 7 nitrogen and oxygen atoms in total. The van der Waals surface area contributed by atoms with Crippen molar-refractivity contribution in [3.05, 3.63) is 59.3 Å². The number of carbonyl (C=O) groups excluding carboxylic acids is 1. The van der Waals surface area contributed by atoms with Gasteiger partial charge in [0.1, 0.15) is 5.82 Å². The molecule has 1 saturated carbocycles. The average molecular weight is 447 g/mol. The van der Waals surface area contributed by atoms with Gasteiger partial charge in [-0.2, -0.15) is 0 Å². The summed E-state index contributed by atoms with van der Waals surface area (Å²) in [5.74, 6) is 0.791. The fourth-order valence-electron chi connectivity index (χ4n) is 3.23. The first-order valence-electron chi connectivity index (χ1n) is 9.87. The Morgan fingerprint density at radius 3 is 2.37 bits per heavy atom. The Morgan fingerprint density at radius 2 is 1.77 bits per heavy atom. The van der Waals surface area contributed by atoms with E-state index < -0.39 is 10.0 Å². The number of hydrogen-bond donors (Lipinski definition) is 1. The molecule has 158 valence electrons. The van der Waals surface area contributed by atoms with Crippen LogP contribution >= 0.6 is 11.6 Å². The van der Waals surface area contributed by atoms with Gasteiger partial charge in [0.2, 0.25) is 15.9 Å². The molecule has 1 aliphatic carbocycles. The highest BCUT2D eigenvalue weighted by atomic mass is 35.5. The van der Waals surface area contributed by atoms with E-state index in [0.29, 0.717) is 31.2 Å². The number of piperazine rings is 1. The van der Waals surface area contributed by atoms with Crippen LogP contribution in [0, 0.1) is 0 Å². The Balaban J connectivity index is 1.31. The maximum Gasteiger partial charge on any atom is 0.246 e. The minimum atomic E-state index is -3.46. The van der Waals surface area contributed by atoms with Gasteiger partial charge in [-0.25, -0.2) is 18.1 Å². The van der Waals surface area contributed by atoms with E-state index in [-0.39, 0.29) is 16.8 Å². The second kappa shape index (κ2) is 8.75. The van der Waals surface area contributed by atoms with Gasteiger partial charge in [0, 0.05) is 44.5 Å². The third kappa shape index (κ3) is 5.19. The van der Waals surface area contributed by atoms with Crippen LogP contribution in [0.4, 0.5) is 5.82 Å². The van der Waals surface area contributed by atoms with Crippen LogP contribution in [0.1, 0.15) is 18.4 Å². The number of rotatable bonds is 6. The van der Waals surface area contributed by atoms with Crippen molar-refractivity contribution in [2.24, 2.45) is 0 Å². The zero-order valence-corrected chi connectivity index (χ0v) is 17.9. The number of benzene rings is 1. The van der Waals surface area contributed by atoms with Crippen LogP contribution in [0.3, 0.4) is 0 Å². The molecule has 2 aromatic rings. The lowest BCUT2D eigenvalue weighted by atomic mass is 10.2. The number of carbonyl (C=O) groups is 1. The maximum absolute atomic E-state index is 12.5. The average Bonchev–Trinajstić information content (AvgIpc) is 3.56. The number of nitrogens with zero attached hydrogens (tertiary/aromatic N) is 3. The molecule has 1 aliphatic heterocycles. The molecule has 1 aromatic carbocycles. The van der Waals surface area contributed by atoms with Gasteiger partial charge in [-0.15, -0.1) is 0 Å². The monoisotopic (exact) mass is 446 g/mol. The Morgan fingerprint density at radius 1 is 1.07 bits per heavy atom. The maximum atomic E-state index is 12.5. The lowest BCUT2D eigenvalue weighted by molar-refractivity contribution is -0.126. The van der Waals surface area contributed by atoms with Gasteiger partial charge in [0.25, 0.3) is 0 Å². The van der Waals surface area contributed by atoms with Crippen molar-refractivity contribution >= 4 is 39.4 Å². The van der Waals surface area contributed by atoms with Gasteiger partial charge < -0.3 is 9.80 Å². The van der Waals surface area contributed by atoms with E-state index in [9.17, 15) is 13.2 Å². The minimum absolute atomic E-state index is 0.0641. The first-order valence-corrected chi connectivity index (χ1v) is 11.7. The minimum Gasteiger partial charge on any atom is -0.353 e. The van der Waals surface area contributed by atoms with E-state index in [1.54, 1.807) is 41.4 Å². The fourth-order valence-corrected chi connectivity index (χ4v) is 4.65.